The van der Waals surface area contributed by atoms with E-state index in [4.69, 9.17) is 24.5 Å². The summed E-state index contributed by atoms with van der Waals surface area (Å²) in [5.41, 5.74) is 0. The fourth-order valence-electron chi connectivity index (χ4n) is 1.94. The van der Waals surface area contributed by atoms with Crippen LogP contribution in [-0.2, 0) is 9.59 Å². The Hall–Kier alpha value is -3.06. The molecule has 0 aliphatic carbocycles. The minimum Gasteiger partial charge on any atom is -0.490 e. The fraction of sp³-hybridized carbons (Fsp3) is 0.400. The van der Waals surface area contributed by atoms with Crippen molar-refractivity contribution in [2.24, 2.45) is 0 Å². The molecule has 0 heterocycles. The van der Waals surface area contributed by atoms with Crippen LogP contribution >= 0.6 is 0 Å². The predicted octanol–water partition coefficient (Wildman–Crippen LogP) is 3.84. The molecule has 7 nitrogen and oxygen atoms in total. The summed E-state index contributed by atoms with van der Waals surface area (Å²) in [6.45, 7) is 4.95. The highest BCUT2D eigenvalue weighted by atomic mass is 19.4. The second kappa shape index (κ2) is 13.5. The van der Waals surface area contributed by atoms with Crippen molar-refractivity contribution >= 4 is 22.7 Å². The number of carbonyl (C=O) groups is 2. The van der Waals surface area contributed by atoms with Crippen LogP contribution in [0.4, 0.5) is 26.3 Å². The van der Waals surface area contributed by atoms with Crippen molar-refractivity contribution < 1.29 is 56.0 Å². The Kier molecular flexibility index (Phi) is 12.2. The van der Waals surface area contributed by atoms with E-state index in [0.717, 1.165) is 16.5 Å². The average molecular weight is 487 g/mol. The Morgan fingerprint density at radius 2 is 1.36 bits per heavy atom. The molecule has 2 aromatic rings. The first kappa shape index (κ1) is 29.9. The molecule has 2 aromatic carbocycles. The number of hydrogen-bond donors (Lipinski definition) is 4. The zero-order chi connectivity index (χ0) is 25.8. The maximum atomic E-state index is 10.6. The van der Waals surface area contributed by atoms with E-state index in [0.29, 0.717) is 19.2 Å². The highest BCUT2D eigenvalue weighted by Crippen LogP contribution is 2.25. The Balaban J connectivity index is 0.000000605. The summed E-state index contributed by atoms with van der Waals surface area (Å²) in [5, 5.41) is 29.5. The van der Waals surface area contributed by atoms with Crippen LogP contribution in [0.3, 0.4) is 0 Å². The van der Waals surface area contributed by atoms with Gasteiger partial charge < -0.3 is 25.4 Å². The number of alkyl halides is 6. The number of aliphatic hydroxyl groups is 1. The molecule has 186 valence electrons. The monoisotopic (exact) mass is 487 g/mol. The molecule has 0 saturated heterocycles. The van der Waals surface area contributed by atoms with Gasteiger partial charge in [0.2, 0.25) is 0 Å². The highest BCUT2D eigenvalue weighted by molar-refractivity contribution is 5.88. The first-order chi connectivity index (χ1) is 15.1. The van der Waals surface area contributed by atoms with Crippen molar-refractivity contribution in [3.8, 4) is 5.75 Å². The van der Waals surface area contributed by atoms with Crippen molar-refractivity contribution in [3.05, 3.63) is 42.5 Å². The third-order valence-corrected chi connectivity index (χ3v) is 3.43. The summed E-state index contributed by atoms with van der Waals surface area (Å²) in [6.07, 6.45) is -10.7. The van der Waals surface area contributed by atoms with E-state index in [1.807, 2.05) is 30.3 Å². The molecule has 33 heavy (non-hydrogen) atoms. The largest absolute Gasteiger partial charge is 0.490 e. The van der Waals surface area contributed by atoms with Crippen molar-refractivity contribution in [3.63, 3.8) is 0 Å². The lowest BCUT2D eigenvalue weighted by molar-refractivity contribution is -0.193. The van der Waals surface area contributed by atoms with Gasteiger partial charge >= 0.3 is 24.3 Å². The predicted molar refractivity (Wildman–Crippen MR) is 106 cm³/mol. The maximum absolute atomic E-state index is 10.6. The number of carboxylic acid groups (broad SMARTS) is 2. The summed E-state index contributed by atoms with van der Waals surface area (Å²) >= 11 is 0. The zero-order valence-corrected chi connectivity index (χ0v) is 17.4. The van der Waals surface area contributed by atoms with E-state index in [9.17, 15) is 31.4 Å². The second-order valence-electron chi connectivity index (χ2n) is 6.61. The molecule has 0 aromatic heterocycles. The Bertz CT molecular complexity index is 856. The number of nitrogens with one attached hydrogen (secondary N) is 1. The van der Waals surface area contributed by atoms with Gasteiger partial charge in [-0.3, -0.25) is 0 Å². The van der Waals surface area contributed by atoms with Crippen molar-refractivity contribution in [1.82, 2.24) is 5.32 Å². The molecule has 0 spiro atoms. The van der Waals surface area contributed by atoms with Crippen molar-refractivity contribution in [2.75, 3.05) is 13.2 Å². The van der Waals surface area contributed by atoms with Gasteiger partial charge in [-0.2, -0.15) is 26.3 Å². The minimum absolute atomic E-state index is 0.299. The van der Waals surface area contributed by atoms with Crippen LogP contribution in [0.1, 0.15) is 13.8 Å². The summed E-state index contributed by atoms with van der Waals surface area (Å²) in [5.74, 6) is -4.69. The number of rotatable bonds is 6. The maximum Gasteiger partial charge on any atom is 0.490 e. The van der Waals surface area contributed by atoms with Crippen LogP contribution in [0.25, 0.3) is 10.8 Å². The van der Waals surface area contributed by atoms with Gasteiger partial charge in [0.15, 0.2) is 0 Å². The van der Waals surface area contributed by atoms with Crippen LogP contribution in [0.15, 0.2) is 42.5 Å². The molecule has 0 aliphatic heterocycles. The number of aliphatic carboxylic acids is 2. The normalized spacial score (nSPS) is 12.2. The van der Waals surface area contributed by atoms with Crippen molar-refractivity contribution in [1.29, 1.82) is 0 Å². The molecule has 0 radical (unpaired) electrons. The summed E-state index contributed by atoms with van der Waals surface area (Å²) in [6, 6.07) is 14.4. The Morgan fingerprint density at radius 1 is 0.909 bits per heavy atom. The molecule has 0 fully saturated rings. The summed E-state index contributed by atoms with van der Waals surface area (Å²) in [7, 11) is 0. The number of ether oxygens (including phenoxy) is 1. The molecule has 0 aliphatic rings. The zero-order valence-electron chi connectivity index (χ0n) is 17.4. The lowest BCUT2D eigenvalue weighted by Crippen LogP contribution is -2.35. The number of benzene rings is 2. The van der Waals surface area contributed by atoms with E-state index in [2.05, 4.69) is 31.3 Å². The topological polar surface area (TPSA) is 116 Å². The highest BCUT2D eigenvalue weighted by Gasteiger charge is 2.38. The Morgan fingerprint density at radius 3 is 1.82 bits per heavy atom. The van der Waals surface area contributed by atoms with Crippen molar-refractivity contribution in [2.45, 2.75) is 38.3 Å². The first-order valence-electron chi connectivity index (χ1n) is 9.18. The first-order valence-corrected chi connectivity index (χ1v) is 9.18. The van der Waals surface area contributed by atoms with Crippen LogP contribution < -0.4 is 10.1 Å². The lowest BCUT2D eigenvalue weighted by atomic mass is 10.1. The van der Waals surface area contributed by atoms with Crippen LogP contribution in [0.2, 0.25) is 0 Å². The molecule has 0 saturated carbocycles. The van der Waals surface area contributed by atoms with E-state index in [1.54, 1.807) is 0 Å². The lowest BCUT2D eigenvalue weighted by Gasteiger charge is -2.15. The van der Waals surface area contributed by atoms with Gasteiger partial charge in [0, 0.05) is 18.0 Å². The van der Waals surface area contributed by atoms with Gasteiger partial charge in [0.05, 0.1) is 0 Å². The Labute approximate surface area is 184 Å². The molecule has 4 N–H and O–H groups in total. The van der Waals surface area contributed by atoms with Crippen LogP contribution in [-0.4, -0.2) is 64.9 Å². The standard InChI is InChI=1S/C16H21NO2.2C2HF3O2/c1-12(2)17-10-14(18)11-19-16-9-5-7-13-6-3-4-8-15(13)16;2*3-2(4,5)1(6)7/h3-9,12,14,17-18H,10-11H2,1-2H3;2*(H,6,7). The van der Waals surface area contributed by atoms with E-state index < -0.39 is 30.4 Å². The molecule has 2 rings (SSSR count). The summed E-state index contributed by atoms with van der Waals surface area (Å²) < 4.78 is 69.2. The third kappa shape index (κ3) is 13.2. The number of halogens is 6. The fourth-order valence-corrected chi connectivity index (χ4v) is 1.94. The van der Waals surface area contributed by atoms with E-state index in [-0.39, 0.29) is 0 Å². The molecule has 1 unspecified atom stereocenters. The van der Waals surface area contributed by atoms with E-state index >= 15 is 0 Å². The third-order valence-electron chi connectivity index (χ3n) is 3.43. The van der Waals surface area contributed by atoms with Crippen LogP contribution in [0, 0.1) is 0 Å². The van der Waals surface area contributed by atoms with E-state index in [1.165, 1.54) is 0 Å². The van der Waals surface area contributed by atoms with Gasteiger partial charge in [-0.15, -0.1) is 0 Å². The molecule has 1 atom stereocenters. The molecular weight excluding hydrogens is 464 g/mol. The number of fused-ring (bicyclic) bond motifs is 1. The smallest absolute Gasteiger partial charge is 0.490 e. The summed E-state index contributed by atoms with van der Waals surface area (Å²) in [4.78, 5) is 17.8. The molecule has 0 bridgehead atoms. The number of aliphatic hydroxyl groups excluding tert-OH is 1. The van der Waals surface area contributed by atoms with Crippen LogP contribution in [0.5, 0.6) is 5.75 Å². The molecular formula is C20H23F6NO6. The number of hydrogen-bond acceptors (Lipinski definition) is 5. The molecule has 13 heteroatoms. The minimum atomic E-state index is -5.08. The molecule has 0 amide bonds. The average Bonchev–Trinajstić information content (AvgIpc) is 2.70. The number of carboxylic acids is 2. The van der Waals surface area contributed by atoms with Gasteiger partial charge in [-0.25, -0.2) is 9.59 Å². The quantitative estimate of drug-likeness (QED) is 0.458. The van der Waals surface area contributed by atoms with Gasteiger partial charge in [0.25, 0.3) is 0 Å². The van der Waals surface area contributed by atoms with Gasteiger partial charge in [0.1, 0.15) is 18.5 Å². The second-order valence-corrected chi connectivity index (χ2v) is 6.61. The SMILES string of the molecule is CC(C)NCC(O)COc1cccc2ccccc12.O=C(O)C(F)(F)F.O=C(O)C(F)(F)F. The van der Waals surface area contributed by atoms with Gasteiger partial charge in [-0.05, 0) is 11.5 Å². The van der Waals surface area contributed by atoms with Gasteiger partial charge in [-0.1, -0.05) is 50.2 Å².